The predicted molar refractivity (Wildman–Crippen MR) is 54.6 cm³/mol. The smallest absolute Gasteiger partial charge is 0.327 e. The molecule has 0 bridgehead atoms. The number of ether oxygens (including phenoxy) is 1. The number of carbonyl (C=O) groups is 1. The first kappa shape index (κ1) is 12.0. The minimum Gasteiger partial charge on any atom is -0.394 e. The number of nitrogens with one attached hydrogen (secondary N) is 1. The van der Waals surface area contributed by atoms with Crippen molar-refractivity contribution < 1.29 is 24.9 Å². The van der Waals surface area contributed by atoms with Crippen molar-refractivity contribution in [2.75, 3.05) is 13.3 Å². The fourth-order valence-electron chi connectivity index (χ4n) is 1.77. The normalized spacial score (nSPS) is 37.9. The van der Waals surface area contributed by atoms with E-state index >= 15 is 0 Å². The Hall–Kier alpha value is -1.42. The van der Waals surface area contributed by atoms with Gasteiger partial charge in [-0.2, -0.15) is 0 Å². The van der Waals surface area contributed by atoms with Crippen LogP contribution in [0.2, 0.25) is 0 Å². The van der Waals surface area contributed by atoms with Gasteiger partial charge in [0.1, 0.15) is 25.0 Å². The van der Waals surface area contributed by atoms with Gasteiger partial charge in [-0.05, 0) is 0 Å². The SMILES string of the molecule is NC1=NCN([C@@H]2O[C@@H](CO)[C@@H](O)[C@H]2O)C(=O)N1. The summed E-state index contributed by atoms with van der Waals surface area (Å²) in [7, 11) is 0. The Morgan fingerprint density at radius 2 is 2.24 bits per heavy atom. The molecule has 2 amide bonds. The van der Waals surface area contributed by atoms with Crippen LogP contribution in [0, 0.1) is 0 Å². The summed E-state index contributed by atoms with van der Waals surface area (Å²) in [4.78, 5) is 16.4. The third kappa shape index (κ3) is 2.05. The molecule has 2 rings (SSSR count). The van der Waals surface area contributed by atoms with Gasteiger partial charge in [-0.1, -0.05) is 0 Å². The zero-order valence-electron chi connectivity index (χ0n) is 8.85. The molecule has 2 aliphatic heterocycles. The van der Waals surface area contributed by atoms with Crippen LogP contribution in [0.5, 0.6) is 0 Å². The molecule has 2 aliphatic rings. The summed E-state index contributed by atoms with van der Waals surface area (Å²) in [5, 5.41) is 30.4. The van der Waals surface area contributed by atoms with E-state index < -0.39 is 37.2 Å². The number of hydrogen-bond acceptors (Lipinski definition) is 7. The topological polar surface area (TPSA) is 141 Å². The summed E-state index contributed by atoms with van der Waals surface area (Å²) in [6.07, 6.45) is -4.53. The molecule has 0 saturated carbocycles. The van der Waals surface area contributed by atoms with Crippen molar-refractivity contribution in [2.45, 2.75) is 24.5 Å². The van der Waals surface area contributed by atoms with E-state index in [0.717, 1.165) is 4.90 Å². The number of nitrogens with two attached hydrogens (primary N) is 1. The quantitative estimate of drug-likeness (QED) is 0.346. The molecule has 0 radical (unpaired) electrons. The zero-order chi connectivity index (χ0) is 12.6. The lowest BCUT2D eigenvalue weighted by atomic mass is 10.1. The highest BCUT2D eigenvalue weighted by Crippen LogP contribution is 2.24. The molecule has 0 aromatic rings. The Morgan fingerprint density at radius 3 is 2.76 bits per heavy atom. The van der Waals surface area contributed by atoms with Gasteiger partial charge in [0, 0.05) is 0 Å². The van der Waals surface area contributed by atoms with Crippen LogP contribution in [-0.4, -0.2) is 70.0 Å². The molecule has 9 heteroatoms. The number of aliphatic hydroxyl groups is 3. The average Bonchev–Trinajstić information content (AvgIpc) is 2.57. The predicted octanol–water partition coefficient (Wildman–Crippen LogP) is -3.28. The molecular formula is C8H14N4O5. The van der Waals surface area contributed by atoms with E-state index in [1.165, 1.54) is 0 Å². The number of aliphatic imine (C=N–C) groups is 1. The highest BCUT2D eigenvalue weighted by atomic mass is 16.6. The van der Waals surface area contributed by atoms with Crippen LogP contribution < -0.4 is 11.1 Å². The van der Waals surface area contributed by atoms with Crippen LogP contribution >= 0.6 is 0 Å². The largest absolute Gasteiger partial charge is 0.394 e. The number of aliphatic hydroxyl groups excluding tert-OH is 3. The van der Waals surface area contributed by atoms with Crippen LogP contribution in [-0.2, 0) is 4.74 Å². The number of urea groups is 1. The van der Waals surface area contributed by atoms with E-state index in [0.29, 0.717) is 0 Å². The number of carbonyl (C=O) groups excluding carboxylic acids is 1. The molecule has 4 atom stereocenters. The van der Waals surface area contributed by atoms with Crippen LogP contribution in [0.4, 0.5) is 4.79 Å². The molecule has 9 nitrogen and oxygen atoms in total. The van der Waals surface area contributed by atoms with Crippen molar-refractivity contribution in [1.82, 2.24) is 10.2 Å². The second-order valence-corrected chi connectivity index (χ2v) is 3.81. The maximum Gasteiger partial charge on any atom is 0.327 e. The number of amides is 2. The van der Waals surface area contributed by atoms with Gasteiger partial charge in [0.15, 0.2) is 12.2 Å². The van der Waals surface area contributed by atoms with Crippen LogP contribution in [0.25, 0.3) is 0 Å². The molecule has 1 saturated heterocycles. The van der Waals surface area contributed by atoms with E-state index in [-0.39, 0.29) is 12.6 Å². The van der Waals surface area contributed by atoms with Gasteiger partial charge in [0.2, 0.25) is 0 Å². The average molecular weight is 246 g/mol. The lowest BCUT2D eigenvalue weighted by Crippen LogP contribution is -2.56. The summed E-state index contributed by atoms with van der Waals surface area (Å²) in [5.74, 6) is -0.0157. The van der Waals surface area contributed by atoms with Gasteiger partial charge in [0.05, 0.1) is 6.61 Å². The van der Waals surface area contributed by atoms with E-state index in [4.69, 9.17) is 15.6 Å². The Morgan fingerprint density at radius 1 is 1.53 bits per heavy atom. The van der Waals surface area contributed by atoms with Crippen molar-refractivity contribution in [3.63, 3.8) is 0 Å². The van der Waals surface area contributed by atoms with E-state index in [1.807, 2.05) is 0 Å². The molecule has 0 spiro atoms. The standard InChI is InChI=1S/C8H14N4O5/c9-7-10-2-12(8(16)11-7)6-5(15)4(14)3(1-13)17-6/h3-6,13-15H,1-2H2,(H3,9,10,11,16)/t3-,4+,5+,6+/m0/s1. The molecule has 1 fully saturated rings. The summed E-state index contributed by atoms with van der Waals surface area (Å²) in [5.41, 5.74) is 5.30. The maximum atomic E-state index is 11.6. The second kappa shape index (κ2) is 4.45. The van der Waals surface area contributed by atoms with E-state index in [9.17, 15) is 15.0 Å². The molecule has 0 aliphatic carbocycles. The number of guanidine groups is 1. The molecule has 0 unspecified atom stereocenters. The van der Waals surface area contributed by atoms with Gasteiger partial charge < -0.3 is 25.8 Å². The van der Waals surface area contributed by atoms with Crippen LogP contribution in [0.1, 0.15) is 0 Å². The van der Waals surface area contributed by atoms with E-state index in [2.05, 4.69) is 10.3 Å². The molecular weight excluding hydrogens is 232 g/mol. The van der Waals surface area contributed by atoms with Gasteiger partial charge in [-0.25, -0.2) is 9.79 Å². The van der Waals surface area contributed by atoms with Gasteiger partial charge in [-0.3, -0.25) is 10.2 Å². The Balaban J connectivity index is 2.11. The first-order chi connectivity index (χ1) is 8.04. The van der Waals surface area contributed by atoms with Crippen molar-refractivity contribution in [3.05, 3.63) is 0 Å². The highest BCUT2D eigenvalue weighted by molar-refractivity contribution is 5.96. The van der Waals surface area contributed by atoms with Crippen LogP contribution in [0.3, 0.4) is 0 Å². The highest BCUT2D eigenvalue weighted by Gasteiger charge is 2.47. The maximum absolute atomic E-state index is 11.6. The lowest BCUT2D eigenvalue weighted by molar-refractivity contribution is -0.0787. The molecule has 6 N–H and O–H groups in total. The van der Waals surface area contributed by atoms with Gasteiger partial charge in [-0.15, -0.1) is 0 Å². The second-order valence-electron chi connectivity index (χ2n) is 3.81. The molecule has 0 aromatic heterocycles. The zero-order valence-corrected chi connectivity index (χ0v) is 8.85. The van der Waals surface area contributed by atoms with Crippen molar-refractivity contribution in [1.29, 1.82) is 0 Å². The summed E-state index contributed by atoms with van der Waals surface area (Å²) in [6, 6.07) is -0.577. The molecule has 2 heterocycles. The van der Waals surface area contributed by atoms with E-state index in [1.54, 1.807) is 0 Å². The van der Waals surface area contributed by atoms with Crippen molar-refractivity contribution in [3.8, 4) is 0 Å². The Kier molecular flexibility index (Phi) is 3.15. The van der Waals surface area contributed by atoms with Crippen LogP contribution in [0.15, 0.2) is 4.99 Å². The monoisotopic (exact) mass is 246 g/mol. The van der Waals surface area contributed by atoms with Gasteiger partial charge >= 0.3 is 6.03 Å². The summed E-state index contributed by atoms with van der Waals surface area (Å²) in [6.45, 7) is -0.528. The number of nitrogens with zero attached hydrogens (tertiary/aromatic N) is 2. The third-order valence-electron chi connectivity index (χ3n) is 2.71. The van der Waals surface area contributed by atoms with Crippen molar-refractivity contribution >= 4 is 12.0 Å². The minimum absolute atomic E-state index is 0.0157. The summed E-state index contributed by atoms with van der Waals surface area (Å²) < 4.78 is 5.19. The molecule has 0 aromatic carbocycles. The minimum atomic E-state index is -1.30. The first-order valence-corrected chi connectivity index (χ1v) is 5.04. The number of rotatable bonds is 2. The fraction of sp³-hybridized carbons (Fsp3) is 0.750. The van der Waals surface area contributed by atoms with Crippen molar-refractivity contribution in [2.24, 2.45) is 10.7 Å². The molecule has 96 valence electrons. The molecule has 17 heavy (non-hydrogen) atoms. The van der Waals surface area contributed by atoms with Gasteiger partial charge in [0.25, 0.3) is 0 Å². The fourth-order valence-corrected chi connectivity index (χ4v) is 1.77. The Labute approximate surface area is 96.5 Å². The number of hydrogen-bond donors (Lipinski definition) is 5. The Bertz CT molecular complexity index is 349. The third-order valence-corrected chi connectivity index (χ3v) is 2.71. The first-order valence-electron chi connectivity index (χ1n) is 5.04. The lowest BCUT2D eigenvalue weighted by Gasteiger charge is -2.31. The summed E-state index contributed by atoms with van der Waals surface area (Å²) >= 11 is 0.